The Kier molecular flexibility index (Phi) is 5.79. The molecule has 0 saturated heterocycles. The molecule has 2 aromatic carbocycles. The molecule has 0 fully saturated rings. The van der Waals surface area contributed by atoms with E-state index in [9.17, 15) is 4.39 Å². The molecule has 1 nitrogen and oxygen atoms in total. The number of rotatable bonds is 7. The van der Waals surface area contributed by atoms with Gasteiger partial charge in [0.15, 0.2) is 11.6 Å². The van der Waals surface area contributed by atoms with Crippen LogP contribution in [0.3, 0.4) is 0 Å². The lowest BCUT2D eigenvalue weighted by atomic mass is 10.0. The highest BCUT2D eigenvalue weighted by Crippen LogP contribution is 2.26. The summed E-state index contributed by atoms with van der Waals surface area (Å²) in [7, 11) is 0. The van der Waals surface area contributed by atoms with E-state index in [0.717, 1.165) is 36.8 Å². The van der Waals surface area contributed by atoms with E-state index >= 15 is 0 Å². The molecule has 2 rings (SSSR count). The van der Waals surface area contributed by atoms with Crippen LogP contribution in [-0.2, 0) is 6.42 Å². The first-order valence-electron chi connectivity index (χ1n) is 7.76. The smallest absolute Gasteiger partial charge is 0.165 e. The van der Waals surface area contributed by atoms with Crippen molar-refractivity contribution >= 4 is 0 Å². The number of aryl methyl sites for hydroxylation is 1. The van der Waals surface area contributed by atoms with Gasteiger partial charge in [0.1, 0.15) is 0 Å². The molecule has 0 bridgehead atoms. The van der Waals surface area contributed by atoms with Crippen molar-refractivity contribution in [2.45, 2.75) is 39.5 Å². The zero-order valence-corrected chi connectivity index (χ0v) is 12.9. The van der Waals surface area contributed by atoms with E-state index in [1.807, 2.05) is 6.07 Å². The third kappa shape index (κ3) is 4.32. The van der Waals surface area contributed by atoms with E-state index in [0.29, 0.717) is 12.4 Å². The summed E-state index contributed by atoms with van der Waals surface area (Å²) in [6.45, 7) is 4.82. The molecule has 0 N–H and O–H groups in total. The van der Waals surface area contributed by atoms with Crippen LogP contribution in [0.5, 0.6) is 5.75 Å². The Balaban J connectivity index is 2.11. The molecule has 2 aromatic rings. The van der Waals surface area contributed by atoms with Gasteiger partial charge in [-0.2, -0.15) is 0 Å². The van der Waals surface area contributed by atoms with Crippen molar-refractivity contribution in [2.75, 3.05) is 6.61 Å². The monoisotopic (exact) mass is 286 g/mol. The molecule has 0 radical (unpaired) electrons. The second kappa shape index (κ2) is 7.82. The molecule has 0 aromatic heterocycles. The van der Waals surface area contributed by atoms with E-state index < -0.39 is 0 Å². The first-order chi connectivity index (χ1) is 10.2. The lowest BCUT2D eigenvalue weighted by Crippen LogP contribution is -1.98. The summed E-state index contributed by atoms with van der Waals surface area (Å²) in [5, 5.41) is 0. The predicted octanol–water partition coefficient (Wildman–Crippen LogP) is 5.62. The van der Waals surface area contributed by atoms with Crippen molar-refractivity contribution < 1.29 is 9.13 Å². The van der Waals surface area contributed by atoms with Gasteiger partial charge in [-0.1, -0.05) is 57.0 Å². The van der Waals surface area contributed by atoms with E-state index in [1.165, 1.54) is 5.56 Å². The Labute approximate surface area is 126 Å². The third-order valence-corrected chi connectivity index (χ3v) is 3.51. The molecule has 0 amide bonds. The molecule has 0 unspecified atom stereocenters. The molecule has 112 valence electrons. The van der Waals surface area contributed by atoms with Gasteiger partial charge in [-0.25, -0.2) is 4.39 Å². The van der Waals surface area contributed by atoms with Gasteiger partial charge in [-0.3, -0.25) is 0 Å². The van der Waals surface area contributed by atoms with Crippen LogP contribution in [0.25, 0.3) is 11.1 Å². The highest BCUT2D eigenvalue weighted by atomic mass is 19.1. The molecular weight excluding hydrogens is 263 g/mol. The van der Waals surface area contributed by atoms with Crippen molar-refractivity contribution in [3.05, 3.63) is 53.8 Å². The number of unbranched alkanes of at least 4 members (excludes halogenated alkanes) is 1. The first-order valence-corrected chi connectivity index (χ1v) is 7.76. The summed E-state index contributed by atoms with van der Waals surface area (Å²) in [6, 6.07) is 13.5. The fraction of sp³-hybridized carbons (Fsp3) is 0.368. The van der Waals surface area contributed by atoms with Crippen LogP contribution in [0.1, 0.15) is 38.7 Å². The van der Waals surface area contributed by atoms with Crippen LogP contribution in [-0.4, -0.2) is 6.61 Å². The number of benzene rings is 2. The molecule has 2 heteroatoms. The van der Waals surface area contributed by atoms with Crippen LogP contribution in [0, 0.1) is 5.82 Å². The summed E-state index contributed by atoms with van der Waals surface area (Å²) in [5.74, 6) is 0.0519. The van der Waals surface area contributed by atoms with Gasteiger partial charge in [0.25, 0.3) is 0 Å². The molecule has 0 aliphatic carbocycles. The lowest BCUT2D eigenvalue weighted by molar-refractivity contribution is 0.294. The Morgan fingerprint density at radius 3 is 2.24 bits per heavy atom. The summed E-state index contributed by atoms with van der Waals surface area (Å²) in [6.07, 6.45) is 4.21. The van der Waals surface area contributed by atoms with Crippen LogP contribution in [0.15, 0.2) is 42.5 Å². The molecule has 0 saturated carbocycles. The van der Waals surface area contributed by atoms with Gasteiger partial charge < -0.3 is 4.74 Å². The van der Waals surface area contributed by atoms with Crippen LogP contribution >= 0.6 is 0 Å². The third-order valence-electron chi connectivity index (χ3n) is 3.51. The maximum absolute atomic E-state index is 14.0. The topological polar surface area (TPSA) is 9.23 Å². The Hall–Kier alpha value is -1.83. The quantitative estimate of drug-likeness (QED) is 0.600. The fourth-order valence-electron chi connectivity index (χ4n) is 2.28. The Morgan fingerprint density at radius 1 is 0.905 bits per heavy atom. The molecule has 0 heterocycles. The predicted molar refractivity (Wildman–Crippen MR) is 86.2 cm³/mol. The van der Waals surface area contributed by atoms with Gasteiger partial charge in [-0.15, -0.1) is 0 Å². The average Bonchev–Trinajstić information content (AvgIpc) is 2.50. The number of hydrogen-bond acceptors (Lipinski definition) is 1. The molecule has 0 aliphatic rings. The van der Waals surface area contributed by atoms with Crippen molar-refractivity contribution in [1.82, 2.24) is 0 Å². The molecule has 0 atom stereocenters. The molecule has 0 aliphatic heterocycles. The van der Waals surface area contributed by atoms with Crippen molar-refractivity contribution in [2.24, 2.45) is 0 Å². The number of ether oxygens (including phenoxy) is 1. The van der Waals surface area contributed by atoms with Crippen LogP contribution in [0.4, 0.5) is 4.39 Å². The van der Waals surface area contributed by atoms with E-state index in [4.69, 9.17) is 4.74 Å². The number of hydrogen-bond donors (Lipinski definition) is 0. The zero-order chi connectivity index (χ0) is 15.1. The fourth-order valence-corrected chi connectivity index (χ4v) is 2.28. The SMILES string of the molecule is CCCCOc1ccc(-c2ccc(CCC)cc2)cc1F. The van der Waals surface area contributed by atoms with E-state index in [1.54, 1.807) is 12.1 Å². The van der Waals surface area contributed by atoms with Crippen LogP contribution < -0.4 is 4.74 Å². The first kappa shape index (κ1) is 15.6. The average molecular weight is 286 g/mol. The maximum atomic E-state index is 14.0. The highest BCUT2D eigenvalue weighted by Gasteiger charge is 2.06. The number of halogens is 1. The minimum Gasteiger partial charge on any atom is -0.491 e. The van der Waals surface area contributed by atoms with Crippen LogP contribution in [0.2, 0.25) is 0 Å². The van der Waals surface area contributed by atoms with E-state index in [2.05, 4.69) is 38.1 Å². The van der Waals surface area contributed by atoms with Crippen molar-refractivity contribution in [1.29, 1.82) is 0 Å². The molecular formula is C19H23FO. The minimum absolute atomic E-state index is 0.291. The van der Waals surface area contributed by atoms with Gasteiger partial charge in [0.2, 0.25) is 0 Å². The summed E-state index contributed by atoms with van der Waals surface area (Å²) >= 11 is 0. The van der Waals surface area contributed by atoms with Gasteiger partial charge >= 0.3 is 0 Å². The Morgan fingerprint density at radius 2 is 1.62 bits per heavy atom. The van der Waals surface area contributed by atoms with E-state index in [-0.39, 0.29) is 5.82 Å². The lowest BCUT2D eigenvalue weighted by Gasteiger charge is -2.09. The standard InChI is InChI=1S/C19H23FO/c1-3-5-13-21-19-12-11-17(14-18(19)20)16-9-7-15(6-4-2)8-10-16/h7-12,14H,3-6,13H2,1-2H3. The molecule has 21 heavy (non-hydrogen) atoms. The van der Waals surface area contributed by atoms with Gasteiger partial charge in [0, 0.05) is 0 Å². The zero-order valence-electron chi connectivity index (χ0n) is 12.9. The molecule has 0 spiro atoms. The van der Waals surface area contributed by atoms with Crippen molar-refractivity contribution in [3.8, 4) is 16.9 Å². The largest absolute Gasteiger partial charge is 0.491 e. The minimum atomic E-state index is -0.291. The van der Waals surface area contributed by atoms with Crippen molar-refractivity contribution in [3.63, 3.8) is 0 Å². The summed E-state index contributed by atoms with van der Waals surface area (Å²) in [4.78, 5) is 0. The maximum Gasteiger partial charge on any atom is 0.165 e. The normalized spacial score (nSPS) is 10.6. The summed E-state index contributed by atoms with van der Waals surface area (Å²) < 4.78 is 19.5. The second-order valence-electron chi connectivity index (χ2n) is 5.29. The van der Waals surface area contributed by atoms with Gasteiger partial charge in [0.05, 0.1) is 6.61 Å². The second-order valence-corrected chi connectivity index (χ2v) is 5.29. The highest BCUT2D eigenvalue weighted by molar-refractivity contribution is 5.64. The Bertz CT molecular complexity index is 560. The summed E-state index contributed by atoms with van der Waals surface area (Å²) in [5.41, 5.74) is 3.24. The van der Waals surface area contributed by atoms with Gasteiger partial charge in [-0.05, 0) is 41.7 Å².